The van der Waals surface area contributed by atoms with E-state index in [0.29, 0.717) is 11.1 Å². The number of hydrogen-bond acceptors (Lipinski definition) is 3. The van der Waals surface area contributed by atoms with Crippen molar-refractivity contribution in [1.29, 1.82) is 0 Å². The van der Waals surface area contributed by atoms with E-state index in [0.717, 1.165) is 11.1 Å². The molecular formula is C16H18N2O3S. The molecular weight excluding hydrogens is 300 g/mol. The highest BCUT2D eigenvalue weighted by atomic mass is 32.2. The highest BCUT2D eigenvalue weighted by molar-refractivity contribution is 7.89. The van der Waals surface area contributed by atoms with E-state index in [-0.39, 0.29) is 4.90 Å². The molecule has 2 rings (SSSR count). The van der Waals surface area contributed by atoms with E-state index >= 15 is 0 Å². The van der Waals surface area contributed by atoms with E-state index < -0.39 is 15.9 Å². The van der Waals surface area contributed by atoms with E-state index in [1.165, 1.54) is 6.07 Å². The number of aryl methyl sites for hydroxylation is 3. The van der Waals surface area contributed by atoms with Crippen LogP contribution in [0.2, 0.25) is 0 Å². The van der Waals surface area contributed by atoms with Crippen LogP contribution in [-0.2, 0) is 10.0 Å². The summed E-state index contributed by atoms with van der Waals surface area (Å²) in [6, 6.07) is 11.8. The first-order valence-corrected chi connectivity index (χ1v) is 8.24. The summed E-state index contributed by atoms with van der Waals surface area (Å²) < 4.78 is 24.5. The number of nitrogens with one attached hydrogen (secondary N) is 2. The molecule has 2 aromatic rings. The molecule has 0 aromatic heterocycles. The van der Waals surface area contributed by atoms with Crippen LogP contribution in [0.3, 0.4) is 0 Å². The number of carbonyl (C=O) groups excluding carboxylic acids is 1. The zero-order chi connectivity index (χ0) is 16.3. The fourth-order valence-electron chi connectivity index (χ4n) is 2.05. The number of amides is 1. The van der Waals surface area contributed by atoms with Gasteiger partial charge in [0.05, 0.1) is 4.90 Å². The Labute approximate surface area is 130 Å². The van der Waals surface area contributed by atoms with Gasteiger partial charge in [-0.05, 0) is 44.5 Å². The summed E-state index contributed by atoms with van der Waals surface area (Å²) in [6.07, 6.45) is 0. The molecule has 5 nitrogen and oxygen atoms in total. The maximum atomic E-state index is 12.2. The summed E-state index contributed by atoms with van der Waals surface area (Å²) >= 11 is 0. The molecule has 0 aliphatic heterocycles. The van der Waals surface area contributed by atoms with Gasteiger partial charge in [-0.3, -0.25) is 10.2 Å². The lowest BCUT2D eigenvalue weighted by Crippen LogP contribution is -2.41. The normalized spacial score (nSPS) is 11.2. The molecule has 6 heteroatoms. The Morgan fingerprint density at radius 3 is 2.09 bits per heavy atom. The summed E-state index contributed by atoms with van der Waals surface area (Å²) in [7, 11) is -3.80. The third-order valence-electron chi connectivity index (χ3n) is 3.23. The Hall–Kier alpha value is -2.18. The van der Waals surface area contributed by atoms with Crippen LogP contribution in [0.25, 0.3) is 0 Å². The first-order chi connectivity index (χ1) is 10.3. The lowest BCUT2D eigenvalue weighted by molar-refractivity contribution is 0.0945. The first kappa shape index (κ1) is 16.2. The Morgan fingerprint density at radius 1 is 0.909 bits per heavy atom. The smallest absolute Gasteiger partial charge is 0.266 e. The average Bonchev–Trinajstić information content (AvgIpc) is 2.45. The molecule has 1 amide bonds. The van der Waals surface area contributed by atoms with Crippen molar-refractivity contribution in [2.45, 2.75) is 25.7 Å². The number of hydrazine groups is 1. The Balaban J connectivity index is 2.12. The fraction of sp³-hybridized carbons (Fsp3) is 0.188. The van der Waals surface area contributed by atoms with Crippen LogP contribution in [0, 0.1) is 20.8 Å². The number of benzene rings is 2. The zero-order valence-electron chi connectivity index (χ0n) is 12.7. The molecule has 0 atom stereocenters. The van der Waals surface area contributed by atoms with Gasteiger partial charge >= 0.3 is 0 Å². The Bertz CT molecular complexity index is 797. The molecule has 0 fully saturated rings. The molecule has 0 saturated carbocycles. The van der Waals surface area contributed by atoms with Gasteiger partial charge < -0.3 is 0 Å². The molecule has 0 aliphatic carbocycles. The topological polar surface area (TPSA) is 75.3 Å². The maximum Gasteiger partial charge on any atom is 0.266 e. The van der Waals surface area contributed by atoms with E-state index in [2.05, 4.69) is 10.3 Å². The van der Waals surface area contributed by atoms with Crippen LogP contribution < -0.4 is 10.3 Å². The molecule has 22 heavy (non-hydrogen) atoms. The maximum absolute atomic E-state index is 12.2. The van der Waals surface area contributed by atoms with Crippen molar-refractivity contribution < 1.29 is 13.2 Å². The monoisotopic (exact) mass is 318 g/mol. The summed E-state index contributed by atoms with van der Waals surface area (Å²) in [5, 5.41) is 0. The second kappa shape index (κ2) is 6.29. The lowest BCUT2D eigenvalue weighted by Gasteiger charge is -2.11. The quantitative estimate of drug-likeness (QED) is 0.849. The van der Waals surface area contributed by atoms with Crippen LogP contribution >= 0.6 is 0 Å². The molecule has 0 spiro atoms. The molecule has 0 saturated heterocycles. The average molecular weight is 318 g/mol. The number of rotatable bonds is 4. The first-order valence-electron chi connectivity index (χ1n) is 6.76. The van der Waals surface area contributed by atoms with Gasteiger partial charge in [0.2, 0.25) is 0 Å². The van der Waals surface area contributed by atoms with Crippen LogP contribution in [-0.4, -0.2) is 14.3 Å². The van der Waals surface area contributed by atoms with E-state index in [4.69, 9.17) is 0 Å². The molecule has 0 aliphatic rings. The second-order valence-electron chi connectivity index (χ2n) is 5.19. The summed E-state index contributed by atoms with van der Waals surface area (Å²) in [5.74, 6) is -0.506. The predicted octanol–water partition coefficient (Wildman–Crippen LogP) is 2.24. The summed E-state index contributed by atoms with van der Waals surface area (Å²) in [5.41, 5.74) is 5.22. The summed E-state index contributed by atoms with van der Waals surface area (Å²) in [6.45, 7) is 5.50. The summed E-state index contributed by atoms with van der Waals surface area (Å²) in [4.78, 5) is 14.2. The van der Waals surface area contributed by atoms with Crippen LogP contribution in [0.15, 0.2) is 47.4 Å². The van der Waals surface area contributed by atoms with Crippen molar-refractivity contribution >= 4 is 15.9 Å². The van der Waals surface area contributed by atoms with Gasteiger partial charge in [-0.15, -0.1) is 4.83 Å². The van der Waals surface area contributed by atoms with Gasteiger partial charge in [0.1, 0.15) is 0 Å². The van der Waals surface area contributed by atoms with E-state index in [1.807, 2.05) is 13.8 Å². The van der Waals surface area contributed by atoms with E-state index in [1.54, 1.807) is 43.3 Å². The van der Waals surface area contributed by atoms with Gasteiger partial charge in [0.15, 0.2) is 0 Å². The molecule has 116 valence electrons. The Morgan fingerprint density at radius 2 is 1.50 bits per heavy atom. The van der Waals surface area contributed by atoms with Gasteiger partial charge in [-0.25, -0.2) is 8.42 Å². The zero-order valence-corrected chi connectivity index (χ0v) is 13.5. The Kier molecular flexibility index (Phi) is 4.63. The minimum atomic E-state index is -3.80. The van der Waals surface area contributed by atoms with E-state index in [9.17, 15) is 13.2 Å². The molecule has 2 aromatic carbocycles. The van der Waals surface area contributed by atoms with Crippen LogP contribution in [0.5, 0.6) is 0 Å². The van der Waals surface area contributed by atoms with Crippen molar-refractivity contribution in [2.24, 2.45) is 0 Å². The molecule has 0 unspecified atom stereocenters. The number of sulfonamides is 1. The standard InChI is InChI=1S/C16H18N2O3S/c1-11-4-7-14(8-5-11)16(19)17-18-22(20,21)15-9-6-12(2)10-13(15)3/h4-10,18H,1-3H3,(H,17,19). The predicted molar refractivity (Wildman–Crippen MR) is 84.9 cm³/mol. The minimum absolute atomic E-state index is 0.141. The second-order valence-corrected chi connectivity index (χ2v) is 6.85. The van der Waals surface area contributed by atoms with Gasteiger partial charge in [0.25, 0.3) is 15.9 Å². The highest BCUT2D eigenvalue weighted by Gasteiger charge is 2.17. The fourth-order valence-corrected chi connectivity index (χ4v) is 3.11. The number of hydrogen-bond donors (Lipinski definition) is 2. The minimum Gasteiger partial charge on any atom is -0.273 e. The SMILES string of the molecule is Cc1ccc(C(=O)NNS(=O)(=O)c2ccc(C)cc2C)cc1. The lowest BCUT2D eigenvalue weighted by atomic mass is 10.1. The molecule has 0 heterocycles. The van der Waals surface area contributed by atoms with Crippen molar-refractivity contribution in [3.05, 3.63) is 64.7 Å². The van der Waals surface area contributed by atoms with Crippen LogP contribution in [0.1, 0.15) is 27.0 Å². The van der Waals surface area contributed by atoms with Crippen molar-refractivity contribution in [2.75, 3.05) is 0 Å². The van der Waals surface area contributed by atoms with Crippen molar-refractivity contribution in [3.63, 3.8) is 0 Å². The van der Waals surface area contributed by atoms with Gasteiger partial charge in [0, 0.05) is 5.56 Å². The van der Waals surface area contributed by atoms with Gasteiger partial charge in [-0.2, -0.15) is 0 Å². The number of carbonyl (C=O) groups is 1. The molecule has 0 bridgehead atoms. The van der Waals surface area contributed by atoms with Gasteiger partial charge in [-0.1, -0.05) is 35.4 Å². The van der Waals surface area contributed by atoms with Crippen molar-refractivity contribution in [3.8, 4) is 0 Å². The van der Waals surface area contributed by atoms with Crippen LogP contribution in [0.4, 0.5) is 0 Å². The third-order valence-corrected chi connectivity index (χ3v) is 4.64. The third kappa shape index (κ3) is 3.72. The van der Waals surface area contributed by atoms with Crippen molar-refractivity contribution in [1.82, 2.24) is 10.3 Å². The molecule has 0 radical (unpaired) electrons. The largest absolute Gasteiger partial charge is 0.273 e. The molecule has 2 N–H and O–H groups in total. The highest BCUT2D eigenvalue weighted by Crippen LogP contribution is 2.15.